The van der Waals surface area contributed by atoms with Crippen LogP contribution in [0, 0.1) is 11.8 Å². The molecule has 1 heterocycles. The van der Waals surface area contributed by atoms with Gasteiger partial charge in [0.1, 0.15) is 0 Å². The fraction of sp³-hybridized carbons (Fsp3) is 0.688. The van der Waals surface area contributed by atoms with E-state index in [2.05, 4.69) is 6.58 Å². The Hall–Kier alpha value is -1.49. The van der Waals surface area contributed by atoms with Crippen LogP contribution in [0.15, 0.2) is 12.2 Å². The summed E-state index contributed by atoms with van der Waals surface area (Å²) in [5.41, 5.74) is 0.162. The first-order valence-electron chi connectivity index (χ1n) is 7.71. The number of likely N-dealkylation sites (tertiary alicyclic amines) is 1. The molecule has 5 heteroatoms. The molecule has 1 N–H and O–H groups in total. The molecule has 1 saturated heterocycles. The van der Waals surface area contributed by atoms with Crippen molar-refractivity contribution >= 4 is 17.7 Å². The number of amides is 3. The third-order valence-electron chi connectivity index (χ3n) is 4.47. The highest BCUT2D eigenvalue weighted by Crippen LogP contribution is 2.36. The van der Waals surface area contributed by atoms with E-state index in [9.17, 15) is 19.5 Å². The third-order valence-corrected chi connectivity index (χ3v) is 4.47. The van der Waals surface area contributed by atoms with Gasteiger partial charge in [-0.2, -0.15) is 0 Å². The Kier molecular flexibility index (Phi) is 4.93. The lowest BCUT2D eigenvalue weighted by Crippen LogP contribution is -2.38. The fourth-order valence-electron chi connectivity index (χ4n) is 3.30. The van der Waals surface area contributed by atoms with Gasteiger partial charge in [0, 0.05) is 5.57 Å². The normalized spacial score (nSPS) is 31.0. The van der Waals surface area contributed by atoms with Gasteiger partial charge in [-0.3, -0.25) is 14.4 Å². The highest BCUT2D eigenvalue weighted by atomic mass is 16.3. The van der Waals surface area contributed by atoms with Gasteiger partial charge >= 0.3 is 0 Å². The highest BCUT2D eigenvalue weighted by molar-refractivity contribution is 6.20. The Balaban J connectivity index is 2.28. The van der Waals surface area contributed by atoms with E-state index in [0.717, 1.165) is 32.1 Å². The van der Waals surface area contributed by atoms with Crippen LogP contribution < -0.4 is 0 Å². The lowest BCUT2D eigenvalue weighted by atomic mass is 9.83. The quantitative estimate of drug-likeness (QED) is 0.591. The van der Waals surface area contributed by atoms with Crippen molar-refractivity contribution in [3.63, 3.8) is 0 Å². The Bertz CT molecular complexity index is 471. The molecule has 5 nitrogen and oxygen atoms in total. The summed E-state index contributed by atoms with van der Waals surface area (Å²) in [6.07, 6.45) is 5.07. The number of imide groups is 3. The summed E-state index contributed by atoms with van der Waals surface area (Å²) in [6.45, 7) is 5.00. The zero-order valence-electron chi connectivity index (χ0n) is 12.5. The molecule has 2 aliphatic rings. The van der Waals surface area contributed by atoms with E-state index >= 15 is 0 Å². The zero-order chi connectivity index (χ0) is 15.6. The number of hydrogen-bond donors (Lipinski definition) is 1. The maximum absolute atomic E-state index is 12.5. The van der Waals surface area contributed by atoms with E-state index in [1.54, 1.807) is 0 Å². The number of fused-ring (bicyclic) bond motifs is 1. The van der Waals surface area contributed by atoms with Crippen molar-refractivity contribution in [2.75, 3.05) is 0 Å². The summed E-state index contributed by atoms with van der Waals surface area (Å²) >= 11 is 0. The van der Waals surface area contributed by atoms with Crippen LogP contribution in [-0.4, -0.2) is 33.8 Å². The number of aliphatic hydroxyl groups excluding tert-OH is 1. The largest absolute Gasteiger partial charge is 0.392 e. The summed E-state index contributed by atoms with van der Waals surface area (Å²) in [6, 6.07) is 0. The maximum Gasteiger partial charge on any atom is 0.262 e. The Morgan fingerprint density at radius 3 is 2.29 bits per heavy atom. The van der Waals surface area contributed by atoms with Gasteiger partial charge in [0.05, 0.1) is 17.9 Å². The van der Waals surface area contributed by atoms with E-state index in [1.807, 2.05) is 0 Å². The van der Waals surface area contributed by atoms with E-state index in [0.29, 0.717) is 17.7 Å². The Morgan fingerprint density at radius 2 is 1.67 bits per heavy atom. The smallest absolute Gasteiger partial charge is 0.262 e. The van der Waals surface area contributed by atoms with Gasteiger partial charge < -0.3 is 5.11 Å². The molecule has 0 spiro atoms. The van der Waals surface area contributed by atoms with Crippen LogP contribution in [-0.2, 0) is 14.4 Å². The number of aliphatic hydroxyl groups is 1. The van der Waals surface area contributed by atoms with Crippen molar-refractivity contribution in [2.45, 2.75) is 58.0 Å². The van der Waals surface area contributed by atoms with Crippen LogP contribution >= 0.6 is 0 Å². The van der Waals surface area contributed by atoms with Crippen molar-refractivity contribution in [1.29, 1.82) is 0 Å². The second-order valence-electron chi connectivity index (χ2n) is 6.14. The van der Waals surface area contributed by atoms with Gasteiger partial charge in [-0.1, -0.05) is 38.7 Å². The first kappa shape index (κ1) is 15.9. The van der Waals surface area contributed by atoms with Crippen LogP contribution in [0.5, 0.6) is 0 Å². The first-order chi connectivity index (χ1) is 9.95. The molecule has 2 fully saturated rings. The number of rotatable bonds is 1. The van der Waals surface area contributed by atoms with Crippen molar-refractivity contribution < 1.29 is 19.5 Å². The number of carbonyl (C=O) groups is 3. The summed E-state index contributed by atoms with van der Waals surface area (Å²) in [5.74, 6) is -2.98. The molecule has 0 aromatic rings. The van der Waals surface area contributed by atoms with Gasteiger partial charge in [0.25, 0.3) is 5.91 Å². The molecule has 0 bridgehead atoms. The van der Waals surface area contributed by atoms with E-state index in [4.69, 9.17) is 0 Å². The maximum atomic E-state index is 12.5. The van der Waals surface area contributed by atoms with Gasteiger partial charge in [-0.05, 0) is 19.8 Å². The molecule has 3 amide bonds. The lowest BCUT2D eigenvalue weighted by Gasteiger charge is -2.22. The average Bonchev–Trinajstić information content (AvgIpc) is 2.68. The molecule has 1 aliphatic heterocycles. The zero-order valence-corrected chi connectivity index (χ0v) is 12.5. The van der Waals surface area contributed by atoms with Crippen molar-refractivity contribution in [3.05, 3.63) is 12.2 Å². The van der Waals surface area contributed by atoms with Crippen LogP contribution in [0.4, 0.5) is 0 Å². The summed E-state index contributed by atoms with van der Waals surface area (Å²) < 4.78 is 0. The molecule has 3 atom stereocenters. The molecule has 1 saturated carbocycles. The molecule has 2 rings (SSSR count). The Labute approximate surface area is 125 Å². The molecule has 0 aromatic carbocycles. The van der Waals surface area contributed by atoms with Crippen LogP contribution in [0.1, 0.15) is 51.9 Å². The molecule has 1 aliphatic carbocycles. The molecule has 0 radical (unpaired) electrons. The third kappa shape index (κ3) is 3.07. The van der Waals surface area contributed by atoms with Crippen LogP contribution in [0.3, 0.4) is 0 Å². The van der Waals surface area contributed by atoms with Gasteiger partial charge in [-0.15, -0.1) is 0 Å². The summed E-state index contributed by atoms with van der Waals surface area (Å²) in [7, 11) is 0. The number of nitrogens with zero attached hydrogens (tertiary/aromatic N) is 1. The second-order valence-corrected chi connectivity index (χ2v) is 6.14. The van der Waals surface area contributed by atoms with E-state index < -0.39 is 35.7 Å². The number of carbonyl (C=O) groups excluding carboxylic acids is 3. The fourth-order valence-corrected chi connectivity index (χ4v) is 3.30. The predicted molar refractivity (Wildman–Crippen MR) is 77.0 cm³/mol. The summed E-state index contributed by atoms with van der Waals surface area (Å²) in [4.78, 5) is 37.6. The monoisotopic (exact) mass is 293 g/mol. The van der Waals surface area contributed by atoms with Gasteiger partial charge in [-0.25, -0.2) is 4.90 Å². The lowest BCUT2D eigenvalue weighted by molar-refractivity contribution is -0.149. The van der Waals surface area contributed by atoms with Crippen molar-refractivity contribution in [1.82, 2.24) is 4.90 Å². The predicted octanol–water partition coefficient (Wildman–Crippen LogP) is 1.80. The average molecular weight is 293 g/mol. The van der Waals surface area contributed by atoms with Crippen LogP contribution in [0.2, 0.25) is 0 Å². The minimum absolute atomic E-state index is 0.162. The minimum atomic E-state index is -0.840. The topological polar surface area (TPSA) is 74.7 Å². The molecule has 116 valence electrons. The SMILES string of the molecule is C=C(C)C(=O)N1C(=O)C2CCCCCCCC(O)C2C1=O. The van der Waals surface area contributed by atoms with E-state index in [1.165, 1.54) is 6.92 Å². The standard InChI is InChI=1S/C16H23NO4/c1-10(2)14(19)17-15(20)11-8-6-4-3-5-7-9-12(18)13(11)16(17)21/h11-13,18H,1,3-9H2,2H3. The molecule has 21 heavy (non-hydrogen) atoms. The first-order valence-corrected chi connectivity index (χ1v) is 7.71. The summed E-state index contributed by atoms with van der Waals surface area (Å²) in [5, 5.41) is 10.3. The van der Waals surface area contributed by atoms with Gasteiger partial charge in [0.15, 0.2) is 0 Å². The highest BCUT2D eigenvalue weighted by Gasteiger charge is 2.52. The minimum Gasteiger partial charge on any atom is -0.392 e. The molecular formula is C16H23NO4. The molecule has 0 aromatic heterocycles. The van der Waals surface area contributed by atoms with Crippen LogP contribution in [0.25, 0.3) is 0 Å². The van der Waals surface area contributed by atoms with Crippen molar-refractivity contribution in [2.24, 2.45) is 11.8 Å². The molecular weight excluding hydrogens is 270 g/mol. The van der Waals surface area contributed by atoms with Crippen molar-refractivity contribution in [3.8, 4) is 0 Å². The van der Waals surface area contributed by atoms with E-state index in [-0.39, 0.29) is 5.57 Å². The molecule has 3 unspecified atom stereocenters. The van der Waals surface area contributed by atoms with Gasteiger partial charge in [0.2, 0.25) is 11.8 Å². The number of hydrogen-bond acceptors (Lipinski definition) is 4. The second kappa shape index (κ2) is 6.52. The Morgan fingerprint density at radius 1 is 1.10 bits per heavy atom.